The van der Waals surface area contributed by atoms with Crippen LogP contribution in [0.3, 0.4) is 0 Å². The minimum absolute atomic E-state index is 0.0684. The lowest BCUT2D eigenvalue weighted by Gasteiger charge is -2.08. The Labute approximate surface area is 289 Å². The summed E-state index contributed by atoms with van der Waals surface area (Å²) < 4.78 is 16.7. The van der Waals surface area contributed by atoms with Gasteiger partial charge in [0.15, 0.2) is 5.96 Å². The van der Waals surface area contributed by atoms with Crippen LogP contribution in [0.1, 0.15) is 37.0 Å². The normalized spacial score (nSPS) is 11.6. The van der Waals surface area contributed by atoms with Crippen LogP contribution in [0.4, 0.5) is 17.2 Å². The average molecular weight is 709 g/mol. The molecule has 0 fully saturated rings. The molecule has 3 heterocycles. The predicted molar refractivity (Wildman–Crippen MR) is 191 cm³/mol. The summed E-state index contributed by atoms with van der Waals surface area (Å²) in [7, 11) is 3.79. The minimum Gasteiger partial charge on any atom is -0.370 e. The highest BCUT2D eigenvalue weighted by Crippen LogP contribution is 2.20. The molecule has 0 saturated heterocycles. The number of rotatable bonds is 14. The number of alkyl halides is 1. The Morgan fingerprint density at radius 2 is 1.43 bits per heavy atom. The quantitative estimate of drug-likeness (QED) is 0.0377. The SMILES string of the molecule is Cn1cc(NC(=O)c2cc(NC(=O)c3ccc(NC(=O)/C=C/c4ccc(S(=O)CCCl)cc4)n3C)cn2C)cc1C(=O)NCCN=C(N)N. The van der Waals surface area contributed by atoms with Gasteiger partial charge in [0.2, 0.25) is 5.91 Å². The molecule has 0 radical (unpaired) electrons. The Hall–Kier alpha value is -5.61. The fourth-order valence-electron chi connectivity index (χ4n) is 4.68. The van der Waals surface area contributed by atoms with Gasteiger partial charge in [0.1, 0.15) is 22.9 Å². The number of nitrogens with zero attached hydrogens (tertiary/aromatic N) is 4. The molecule has 4 aromatic rings. The largest absolute Gasteiger partial charge is 0.370 e. The average Bonchev–Trinajstić information content (AvgIpc) is 3.73. The van der Waals surface area contributed by atoms with Gasteiger partial charge in [-0.1, -0.05) is 12.1 Å². The molecule has 8 N–H and O–H groups in total. The molecular formula is C32H37ClN10O5S. The van der Waals surface area contributed by atoms with Gasteiger partial charge in [0, 0.05) is 62.7 Å². The summed E-state index contributed by atoms with van der Waals surface area (Å²) in [6.45, 7) is 0.461. The summed E-state index contributed by atoms with van der Waals surface area (Å²) in [6, 6.07) is 13.2. The minimum atomic E-state index is -1.17. The van der Waals surface area contributed by atoms with E-state index in [1.165, 1.54) is 22.8 Å². The number of aryl methyl sites for hydroxylation is 2. The zero-order valence-corrected chi connectivity index (χ0v) is 28.6. The number of amides is 4. The molecule has 0 saturated carbocycles. The molecule has 17 heteroatoms. The van der Waals surface area contributed by atoms with Crippen LogP contribution in [0.25, 0.3) is 6.08 Å². The third-order valence-corrected chi connectivity index (χ3v) is 8.91. The van der Waals surface area contributed by atoms with Crippen LogP contribution < -0.4 is 32.7 Å². The van der Waals surface area contributed by atoms with Crippen LogP contribution in [0.15, 0.2) is 76.9 Å². The first-order valence-corrected chi connectivity index (χ1v) is 16.7. The van der Waals surface area contributed by atoms with Crippen molar-refractivity contribution in [2.75, 3.05) is 40.7 Å². The summed E-state index contributed by atoms with van der Waals surface area (Å²) in [5.74, 6) is -0.692. The molecule has 258 valence electrons. The van der Waals surface area contributed by atoms with Crippen molar-refractivity contribution in [2.24, 2.45) is 37.6 Å². The van der Waals surface area contributed by atoms with Gasteiger partial charge in [-0.2, -0.15) is 0 Å². The summed E-state index contributed by atoms with van der Waals surface area (Å²) in [4.78, 5) is 55.8. The van der Waals surface area contributed by atoms with Crippen LogP contribution in [0.2, 0.25) is 0 Å². The second kappa shape index (κ2) is 16.5. The number of anilines is 3. The monoisotopic (exact) mass is 708 g/mol. The molecule has 1 unspecified atom stereocenters. The van der Waals surface area contributed by atoms with E-state index in [0.717, 1.165) is 5.56 Å². The smallest absolute Gasteiger partial charge is 0.272 e. The zero-order valence-electron chi connectivity index (χ0n) is 27.0. The Kier molecular flexibility index (Phi) is 12.2. The van der Waals surface area contributed by atoms with E-state index in [1.807, 2.05) is 0 Å². The van der Waals surface area contributed by atoms with Crippen molar-refractivity contribution < 1.29 is 23.4 Å². The first-order chi connectivity index (χ1) is 23.4. The number of halogens is 1. The number of carbonyl (C=O) groups excluding carboxylic acids is 4. The molecular weight excluding hydrogens is 672 g/mol. The highest BCUT2D eigenvalue weighted by molar-refractivity contribution is 7.85. The van der Waals surface area contributed by atoms with Gasteiger partial charge in [-0.25, -0.2) is 0 Å². The molecule has 15 nitrogen and oxygen atoms in total. The molecule has 1 aromatic carbocycles. The zero-order chi connectivity index (χ0) is 35.7. The van der Waals surface area contributed by atoms with E-state index >= 15 is 0 Å². The standard InChI is InChI=1S/C32H37ClN10O5S/c1-41-18-21(16-25(41)29(45)36-13-14-37-32(34)35)39-31(47)26-17-22(19-42(26)2)38-30(46)24-9-10-27(43(24)3)40-28(44)11-6-20-4-7-23(8-5-20)49(48)15-12-33/h4-11,16-19H,12-15H2,1-3H3,(H,36,45)(H,38,46)(H,39,47)(H,40,44)(H4,34,35,37)/b11-6+. The highest BCUT2D eigenvalue weighted by Gasteiger charge is 2.19. The topological polar surface area (TPSA) is 213 Å². The number of carbonyl (C=O) groups is 4. The van der Waals surface area contributed by atoms with Crippen LogP contribution in [-0.4, -0.2) is 72.2 Å². The Morgan fingerprint density at radius 1 is 0.837 bits per heavy atom. The summed E-state index contributed by atoms with van der Waals surface area (Å²) in [5, 5.41) is 11.0. The molecule has 49 heavy (non-hydrogen) atoms. The molecule has 0 spiro atoms. The number of nitrogens with two attached hydrogens (primary N) is 2. The van der Waals surface area contributed by atoms with Crippen molar-refractivity contribution in [1.82, 2.24) is 19.0 Å². The number of nitrogens with one attached hydrogen (secondary N) is 4. The van der Waals surface area contributed by atoms with Gasteiger partial charge in [-0.3, -0.25) is 28.4 Å². The Bertz CT molecular complexity index is 1940. The van der Waals surface area contributed by atoms with Crippen molar-refractivity contribution in [1.29, 1.82) is 0 Å². The lowest BCUT2D eigenvalue weighted by atomic mass is 10.2. The second-order valence-electron chi connectivity index (χ2n) is 10.7. The highest BCUT2D eigenvalue weighted by atomic mass is 35.5. The fourth-order valence-corrected chi connectivity index (χ4v) is 5.91. The van der Waals surface area contributed by atoms with Crippen molar-refractivity contribution in [3.63, 3.8) is 0 Å². The van der Waals surface area contributed by atoms with Crippen molar-refractivity contribution >= 4 is 75.3 Å². The van der Waals surface area contributed by atoms with Gasteiger partial charge >= 0.3 is 0 Å². The van der Waals surface area contributed by atoms with E-state index < -0.39 is 28.5 Å². The number of hydrogen-bond donors (Lipinski definition) is 6. The molecule has 1 atom stereocenters. The van der Waals surface area contributed by atoms with E-state index in [2.05, 4.69) is 26.3 Å². The molecule has 4 rings (SSSR count). The van der Waals surface area contributed by atoms with Crippen molar-refractivity contribution in [3.8, 4) is 0 Å². The molecule has 3 aromatic heterocycles. The second-order valence-corrected chi connectivity index (χ2v) is 12.7. The van der Waals surface area contributed by atoms with E-state index in [0.29, 0.717) is 39.4 Å². The number of aromatic nitrogens is 3. The number of aliphatic imine (C=N–C) groups is 1. The van der Waals surface area contributed by atoms with Crippen LogP contribution in [0, 0.1) is 0 Å². The Morgan fingerprint density at radius 3 is 2.02 bits per heavy atom. The maximum Gasteiger partial charge on any atom is 0.272 e. The van der Waals surface area contributed by atoms with Crippen molar-refractivity contribution in [2.45, 2.75) is 4.90 Å². The van der Waals surface area contributed by atoms with E-state index in [9.17, 15) is 23.4 Å². The first kappa shape index (κ1) is 36.2. The maximum atomic E-state index is 13.1. The summed E-state index contributed by atoms with van der Waals surface area (Å²) >= 11 is 5.66. The Balaban J connectivity index is 1.33. The molecule has 0 aliphatic heterocycles. The van der Waals surface area contributed by atoms with Gasteiger partial charge in [-0.05, 0) is 48.0 Å². The first-order valence-electron chi connectivity index (χ1n) is 14.8. The van der Waals surface area contributed by atoms with Gasteiger partial charge < -0.3 is 46.4 Å². The van der Waals surface area contributed by atoms with E-state index in [4.69, 9.17) is 23.1 Å². The summed E-state index contributed by atoms with van der Waals surface area (Å²) in [5.41, 5.74) is 12.9. The fraction of sp³-hybridized carbons (Fsp3) is 0.219. The predicted octanol–water partition coefficient (Wildman–Crippen LogP) is 2.21. The number of benzene rings is 1. The van der Waals surface area contributed by atoms with Gasteiger partial charge in [0.05, 0.1) is 28.7 Å². The third kappa shape index (κ3) is 9.71. The maximum absolute atomic E-state index is 13.1. The molecule has 0 bridgehead atoms. The lowest BCUT2D eigenvalue weighted by Crippen LogP contribution is -2.29. The van der Waals surface area contributed by atoms with Crippen LogP contribution >= 0.6 is 11.6 Å². The number of hydrogen-bond acceptors (Lipinski definition) is 6. The summed E-state index contributed by atoms with van der Waals surface area (Å²) in [6.07, 6.45) is 6.17. The van der Waals surface area contributed by atoms with Crippen LogP contribution in [0.5, 0.6) is 0 Å². The van der Waals surface area contributed by atoms with Crippen molar-refractivity contribution in [3.05, 3.63) is 89.6 Å². The lowest BCUT2D eigenvalue weighted by molar-refractivity contribution is -0.111. The molecule has 0 aliphatic rings. The van der Waals surface area contributed by atoms with Gasteiger partial charge in [0.25, 0.3) is 17.7 Å². The third-order valence-electron chi connectivity index (χ3n) is 7.12. The number of guanidine groups is 1. The molecule has 0 aliphatic carbocycles. The van der Waals surface area contributed by atoms with E-state index in [-0.39, 0.29) is 36.3 Å². The molecule has 4 amide bonds. The van der Waals surface area contributed by atoms with Crippen LogP contribution in [-0.2, 0) is 36.7 Å². The van der Waals surface area contributed by atoms with E-state index in [1.54, 1.807) is 85.1 Å². The van der Waals surface area contributed by atoms with Gasteiger partial charge in [-0.15, -0.1) is 11.6 Å².